The third kappa shape index (κ3) is 1.91. The van der Waals surface area contributed by atoms with Gasteiger partial charge in [0.05, 0.1) is 11.0 Å². The summed E-state index contributed by atoms with van der Waals surface area (Å²) in [5.41, 5.74) is 5.87. The summed E-state index contributed by atoms with van der Waals surface area (Å²) in [6, 6.07) is 4.61. The summed E-state index contributed by atoms with van der Waals surface area (Å²) in [5.74, 6) is 0.273. The van der Waals surface area contributed by atoms with Gasteiger partial charge in [-0.1, -0.05) is 11.2 Å². The fourth-order valence-electron chi connectivity index (χ4n) is 1.12. The predicted molar refractivity (Wildman–Crippen MR) is 55.3 cm³/mol. The van der Waals surface area contributed by atoms with Gasteiger partial charge >= 0.3 is 0 Å². The molecule has 78 valence electrons. The van der Waals surface area contributed by atoms with E-state index in [1.807, 2.05) is 0 Å². The summed E-state index contributed by atoms with van der Waals surface area (Å²) in [5, 5.41) is 3.70. The van der Waals surface area contributed by atoms with Crippen LogP contribution in [0.4, 0.5) is 4.39 Å². The largest absolute Gasteiger partial charge is 0.338 e. The van der Waals surface area contributed by atoms with Crippen LogP contribution in [0.15, 0.2) is 27.2 Å². The molecular formula is C9H7BrFN3O. The molecule has 2 aromatic rings. The van der Waals surface area contributed by atoms with Gasteiger partial charge in [0.2, 0.25) is 11.7 Å². The number of nitrogens with zero attached hydrogens (tertiary/aromatic N) is 2. The number of benzene rings is 1. The van der Waals surface area contributed by atoms with E-state index in [0.29, 0.717) is 21.8 Å². The highest BCUT2D eigenvalue weighted by molar-refractivity contribution is 9.10. The molecular weight excluding hydrogens is 265 g/mol. The lowest BCUT2D eigenvalue weighted by molar-refractivity contribution is 0.380. The molecule has 0 aliphatic heterocycles. The minimum Gasteiger partial charge on any atom is -0.338 e. The van der Waals surface area contributed by atoms with Crippen molar-refractivity contribution in [2.24, 2.45) is 5.73 Å². The lowest BCUT2D eigenvalue weighted by Gasteiger charge is -1.98. The van der Waals surface area contributed by atoms with E-state index in [2.05, 4.69) is 26.1 Å². The summed E-state index contributed by atoms with van der Waals surface area (Å²) in [6.07, 6.45) is 0. The first-order chi connectivity index (χ1) is 7.22. The predicted octanol–water partition coefficient (Wildman–Crippen LogP) is 2.10. The Bertz CT molecular complexity index is 486. The van der Waals surface area contributed by atoms with E-state index in [0.717, 1.165) is 0 Å². The second kappa shape index (κ2) is 4.08. The van der Waals surface area contributed by atoms with Crippen LogP contribution in [-0.4, -0.2) is 10.1 Å². The average molecular weight is 272 g/mol. The van der Waals surface area contributed by atoms with Crippen LogP contribution >= 0.6 is 15.9 Å². The van der Waals surface area contributed by atoms with Gasteiger partial charge in [-0.05, 0) is 28.1 Å². The van der Waals surface area contributed by atoms with Gasteiger partial charge in [-0.15, -0.1) is 0 Å². The first-order valence-corrected chi connectivity index (χ1v) is 4.98. The molecule has 1 aromatic carbocycles. The lowest BCUT2D eigenvalue weighted by atomic mass is 10.2. The van der Waals surface area contributed by atoms with Gasteiger partial charge in [-0.3, -0.25) is 0 Å². The van der Waals surface area contributed by atoms with Crippen molar-refractivity contribution in [1.82, 2.24) is 10.1 Å². The summed E-state index contributed by atoms with van der Waals surface area (Å²) in [7, 11) is 0. The zero-order chi connectivity index (χ0) is 10.8. The SMILES string of the molecule is NCc1nc(-c2cccc(F)c2Br)no1. The Labute approximate surface area is 93.4 Å². The molecule has 0 aliphatic rings. The van der Waals surface area contributed by atoms with E-state index in [4.69, 9.17) is 10.3 Å². The van der Waals surface area contributed by atoms with Gasteiger partial charge < -0.3 is 10.3 Å². The van der Waals surface area contributed by atoms with E-state index in [1.54, 1.807) is 12.1 Å². The quantitative estimate of drug-likeness (QED) is 0.909. The molecule has 0 atom stereocenters. The smallest absolute Gasteiger partial charge is 0.240 e. The first-order valence-electron chi connectivity index (χ1n) is 4.19. The maximum absolute atomic E-state index is 13.2. The maximum atomic E-state index is 13.2. The monoisotopic (exact) mass is 271 g/mol. The zero-order valence-corrected chi connectivity index (χ0v) is 9.16. The van der Waals surface area contributed by atoms with Crippen molar-refractivity contribution in [3.8, 4) is 11.4 Å². The third-order valence-electron chi connectivity index (χ3n) is 1.84. The highest BCUT2D eigenvalue weighted by Crippen LogP contribution is 2.28. The van der Waals surface area contributed by atoms with Crippen LogP contribution in [0, 0.1) is 5.82 Å². The van der Waals surface area contributed by atoms with E-state index >= 15 is 0 Å². The van der Waals surface area contributed by atoms with Gasteiger partial charge in [0.1, 0.15) is 5.82 Å². The standard InChI is InChI=1S/C9H7BrFN3O/c10-8-5(2-1-3-6(8)11)9-13-7(4-12)15-14-9/h1-3H,4,12H2. The lowest BCUT2D eigenvalue weighted by Crippen LogP contribution is -1.95. The number of rotatable bonds is 2. The molecule has 0 unspecified atom stereocenters. The molecule has 4 nitrogen and oxygen atoms in total. The van der Waals surface area contributed by atoms with Crippen LogP contribution in [0.3, 0.4) is 0 Å². The topological polar surface area (TPSA) is 64.9 Å². The van der Waals surface area contributed by atoms with Crippen LogP contribution in [0.25, 0.3) is 11.4 Å². The summed E-state index contributed by atoms with van der Waals surface area (Å²) < 4.78 is 18.3. The number of hydrogen-bond donors (Lipinski definition) is 1. The third-order valence-corrected chi connectivity index (χ3v) is 2.64. The number of nitrogens with two attached hydrogens (primary N) is 1. The fourth-order valence-corrected chi connectivity index (χ4v) is 1.57. The molecule has 1 heterocycles. The summed E-state index contributed by atoms with van der Waals surface area (Å²) >= 11 is 3.12. The highest BCUT2D eigenvalue weighted by atomic mass is 79.9. The van der Waals surface area contributed by atoms with Gasteiger partial charge in [-0.2, -0.15) is 4.98 Å². The number of aromatic nitrogens is 2. The molecule has 6 heteroatoms. The van der Waals surface area contributed by atoms with Crippen molar-refractivity contribution in [3.05, 3.63) is 34.4 Å². The van der Waals surface area contributed by atoms with E-state index in [9.17, 15) is 4.39 Å². The van der Waals surface area contributed by atoms with Crippen molar-refractivity contribution in [1.29, 1.82) is 0 Å². The second-order valence-electron chi connectivity index (χ2n) is 2.82. The van der Waals surface area contributed by atoms with Gasteiger partial charge in [0, 0.05) is 5.56 Å². The maximum Gasteiger partial charge on any atom is 0.240 e. The van der Waals surface area contributed by atoms with Crippen molar-refractivity contribution < 1.29 is 8.91 Å². The second-order valence-corrected chi connectivity index (χ2v) is 3.61. The molecule has 0 fully saturated rings. The molecule has 2 rings (SSSR count). The fraction of sp³-hybridized carbons (Fsp3) is 0.111. The Balaban J connectivity index is 2.49. The summed E-state index contributed by atoms with van der Waals surface area (Å²) in [6.45, 7) is 0.167. The van der Waals surface area contributed by atoms with E-state index < -0.39 is 0 Å². The van der Waals surface area contributed by atoms with Crippen LogP contribution in [0.2, 0.25) is 0 Å². The van der Waals surface area contributed by atoms with E-state index in [-0.39, 0.29) is 12.4 Å². The number of hydrogen-bond acceptors (Lipinski definition) is 4. The molecule has 0 spiro atoms. The Morgan fingerprint density at radius 1 is 1.47 bits per heavy atom. The molecule has 0 radical (unpaired) electrons. The van der Waals surface area contributed by atoms with Crippen molar-refractivity contribution in [3.63, 3.8) is 0 Å². The Kier molecular flexibility index (Phi) is 2.79. The minimum atomic E-state index is -0.369. The molecule has 0 bridgehead atoms. The normalized spacial score (nSPS) is 10.6. The van der Waals surface area contributed by atoms with Crippen LogP contribution in [0.5, 0.6) is 0 Å². The van der Waals surface area contributed by atoms with Crippen molar-refractivity contribution >= 4 is 15.9 Å². The summed E-state index contributed by atoms with van der Waals surface area (Å²) in [4.78, 5) is 4.00. The van der Waals surface area contributed by atoms with Crippen molar-refractivity contribution in [2.75, 3.05) is 0 Å². The molecule has 0 saturated heterocycles. The van der Waals surface area contributed by atoms with Crippen LogP contribution < -0.4 is 5.73 Å². The Morgan fingerprint density at radius 3 is 2.93 bits per heavy atom. The molecule has 0 aliphatic carbocycles. The van der Waals surface area contributed by atoms with Gasteiger partial charge in [0.25, 0.3) is 0 Å². The Morgan fingerprint density at radius 2 is 2.27 bits per heavy atom. The average Bonchev–Trinajstić information content (AvgIpc) is 2.70. The van der Waals surface area contributed by atoms with E-state index in [1.165, 1.54) is 6.07 Å². The van der Waals surface area contributed by atoms with Crippen molar-refractivity contribution in [2.45, 2.75) is 6.54 Å². The number of halogens is 2. The molecule has 2 N–H and O–H groups in total. The molecule has 15 heavy (non-hydrogen) atoms. The highest BCUT2D eigenvalue weighted by Gasteiger charge is 2.12. The van der Waals surface area contributed by atoms with Crippen LogP contribution in [-0.2, 0) is 6.54 Å². The Hall–Kier alpha value is -1.27. The molecule has 0 amide bonds. The molecule has 1 aromatic heterocycles. The first kappa shape index (κ1) is 10.3. The van der Waals surface area contributed by atoms with Gasteiger partial charge in [-0.25, -0.2) is 4.39 Å². The van der Waals surface area contributed by atoms with Crippen LogP contribution in [0.1, 0.15) is 5.89 Å². The molecule has 0 saturated carbocycles. The van der Waals surface area contributed by atoms with Gasteiger partial charge in [0.15, 0.2) is 0 Å². The minimum absolute atomic E-state index is 0.167. The zero-order valence-electron chi connectivity index (χ0n) is 7.58.